The van der Waals surface area contributed by atoms with Crippen LogP contribution in [0.25, 0.3) is 0 Å². The summed E-state index contributed by atoms with van der Waals surface area (Å²) >= 11 is 0. The molecule has 1 nitrogen and oxygen atoms in total. The highest BCUT2D eigenvalue weighted by Crippen LogP contribution is 2.13. The summed E-state index contributed by atoms with van der Waals surface area (Å²) in [6.07, 6.45) is 0. The summed E-state index contributed by atoms with van der Waals surface area (Å²) in [7, 11) is 1.42. The van der Waals surface area contributed by atoms with E-state index >= 15 is 0 Å². The summed E-state index contributed by atoms with van der Waals surface area (Å²) in [6, 6.07) is 6.94. The molecule has 1 rings (SSSR count). The van der Waals surface area contributed by atoms with Gasteiger partial charge in [0, 0.05) is 0 Å². The molecule has 3 heteroatoms. The van der Waals surface area contributed by atoms with Gasteiger partial charge in [0.2, 0.25) is 0 Å². The molecule has 1 aromatic rings. The van der Waals surface area contributed by atoms with Gasteiger partial charge in [0.1, 0.15) is 0 Å². The molecule has 0 aliphatic carbocycles. The number of benzene rings is 1. The molecule has 0 fully saturated rings. The first-order valence-corrected chi connectivity index (χ1v) is 2.54. The molecule has 51 valence electrons. The van der Waals surface area contributed by atoms with Crippen molar-refractivity contribution in [2.24, 2.45) is 0 Å². The van der Waals surface area contributed by atoms with Crippen molar-refractivity contribution in [1.29, 1.82) is 0 Å². The van der Waals surface area contributed by atoms with Gasteiger partial charge in [0.15, 0.2) is 11.6 Å². The minimum Gasteiger partial charge on any atom is -0.494 e. The van der Waals surface area contributed by atoms with Crippen LogP contribution >= 0.6 is 0 Å². The molecule has 0 aliphatic rings. The smallest absolute Gasteiger partial charge is 0.316 e. The fourth-order valence-electron chi connectivity index (χ4n) is 0.553. The average Bonchev–Trinajstić information content (AvgIpc) is 1.89. The van der Waals surface area contributed by atoms with E-state index < -0.39 is 0 Å². The standard InChI is InChI=1S/C7H6FO.Mg.2H/c1-9-7-5-3-2-4-6(7)8;;;/h2,4-5H,1H3;;;. The minimum atomic E-state index is -0.351. The van der Waals surface area contributed by atoms with E-state index in [0.29, 0.717) is 0 Å². The number of hydrogen-bond acceptors (Lipinski definition) is 1. The van der Waals surface area contributed by atoms with Crippen LogP contribution in [0.15, 0.2) is 18.2 Å². The van der Waals surface area contributed by atoms with Crippen LogP contribution < -0.4 is 4.74 Å². The zero-order chi connectivity index (χ0) is 6.69. The Morgan fingerprint density at radius 3 is 2.70 bits per heavy atom. The van der Waals surface area contributed by atoms with E-state index in [1.165, 1.54) is 25.3 Å². The Balaban J connectivity index is 0.000000810. The second-order valence-electron chi connectivity index (χ2n) is 1.56. The number of hydrogen-bond donors (Lipinski definition) is 0. The molecule has 0 saturated heterocycles. The van der Waals surface area contributed by atoms with Crippen molar-refractivity contribution < 1.29 is 9.13 Å². The fraction of sp³-hybridized carbons (Fsp3) is 0.143. The van der Waals surface area contributed by atoms with Crippen LogP contribution in [-0.4, -0.2) is 30.2 Å². The number of methoxy groups -OCH3 is 1. The lowest BCUT2D eigenvalue weighted by Gasteiger charge is -1.97. The van der Waals surface area contributed by atoms with Crippen molar-refractivity contribution in [2.45, 2.75) is 0 Å². The van der Waals surface area contributed by atoms with Gasteiger partial charge in [-0.2, -0.15) is 0 Å². The average molecular weight is 151 g/mol. The highest BCUT2D eigenvalue weighted by Gasteiger charge is 1.95. The van der Waals surface area contributed by atoms with Gasteiger partial charge in [0.05, 0.1) is 7.11 Å². The van der Waals surface area contributed by atoms with E-state index in [-0.39, 0.29) is 34.6 Å². The molecule has 1 radical (unpaired) electrons. The van der Waals surface area contributed by atoms with Crippen molar-refractivity contribution in [3.63, 3.8) is 0 Å². The molecule has 10 heavy (non-hydrogen) atoms. The van der Waals surface area contributed by atoms with Gasteiger partial charge in [-0.1, -0.05) is 6.07 Å². The monoisotopic (exact) mass is 151 g/mol. The zero-order valence-electron chi connectivity index (χ0n) is 5.02. The molecule has 0 aliphatic heterocycles. The van der Waals surface area contributed by atoms with Crippen LogP contribution in [0, 0.1) is 11.9 Å². The minimum absolute atomic E-state index is 0. The van der Waals surface area contributed by atoms with Gasteiger partial charge in [-0.25, -0.2) is 4.39 Å². The maximum atomic E-state index is 12.4. The first kappa shape index (κ1) is 9.72. The van der Waals surface area contributed by atoms with Gasteiger partial charge >= 0.3 is 23.1 Å². The zero-order valence-corrected chi connectivity index (χ0v) is 5.02. The molecular formula is C7H8FMgO. The second-order valence-corrected chi connectivity index (χ2v) is 1.56. The quantitative estimate of drug-likeness (QED) is 0.538. The van der Waals surface area contributed by atoms with Gasteiger partial charge in [-0.15, -0.1) is 0 Å². The Bertz CT molecular complexity index is 203. The van der Waals surface area contributed by atoms with E-state index in [1.54, 1.807) is 0 Å². The van der Waals surface area contributed by atoms with E-state index in [0.717, 1.165) is 0 Å². The van der Waals surface area contributed by atoms with Crippen LogP contribution in [0.2, 0.25) is 0 Å². The van der Waals surface area contributed by atoms with Crippen LogP contribution in [0.3, 0.4) is 0 Å². The predicted octanol–water partition coefficient (Wildman–Crippen LogP) is 0.718. The Morgan fingerprint density at radius 2 is 2.30 bits per heavy atom. The molecule has 0 heterocycles. The maximum Gasteiger partial charge on any atom is 0.316 e. The molecule has 0 atom stereocenters. The van der Waals surface area contributed by atoms with Crippen LogP contribution in [0.5, 0.6) is 5.75 Å². The van der Waals surface area contributed by atoms with Gasteiger partial charge in [-0.3, -0.25) is 0 Å². The molecule has 0 bridgehead atoms. The van der Waals surface area contributed by atoms with Crippen molar-refractivity contribution in [2.75, 3.05) is 7.11 Å². The molecule has 1 aromatic carbocycles. The van der Waals surface area contributed by atoms with Crippen molar-refractivity contribution >= 4 is 23.1 Å². The topological polar surface area (TPSA) is 9.23 Å². The van der Waals surface area contributed by atoms with E-state index in [1.807, 2.05) is 0 Å². The van der Waals surface area contributed by atoms with Crippen molar-refractivity contribution in [1.82, 2.24) is 0 Å². The van der Waals surface area contributed by atoms with Gasteiger partial charge in [-0.05, 0) is 18.2 Å². The van der Waals surface area contributed by atoms with Gasteiger partial charge in [0.25, 0.3) is 0 Å². The third-order valence-corrected chi connectivity index (χ3v) is 0.996. The molecule has 0 N–H and O–H groups in total. The molecule has 0 aromatic heterocycles. The first-order chi connectivity index (χ1) is 4.34. The Morgan fingerprint density at radius 1 is 1.60 bits per heavy atom. The Kier molecular flexibility index (Phi) is 4.39. The Labute approximate surface area is 75.3 Å². The van der Waals surface area contributed by atoms with Crippen LogP contribution in [0.1, 0.15) is 0 Å². The number of ether oxygens (including phenoxy) is 1. The highest BCUT2D eigenvalue weighted by molar-refractivity contribution is 5.75. The Hall–Kier alpha value is -0.284. The normalized spacial score (nSPS) is 8.20. The number of halogens is 1. The van der Waals surface area contributed by atoms with Crippen LogP contribution in [0.4, 0.5) is 4.39 Å². The van der Waals surface area contributed by atoms with Crippen molar-refractivity contribution in [3.8, 4) is 5.75 Å². The summed E-state index contributed by atoms with van der Waals surface area (Å²) in [4.78, 5) is 0. The summed E-state index contributed by atoms with van der Waals surface area (Å²) < 4.78 is 17.1. The maximum absolute atomic E-state index is 12.4. The van der Waals surface area contributed by atoms with Crippen LogP contribution in [-0.2, 0) is 0 Å². The molecule has 0 amide bonds. The second kappa shape index (κ2) is 4.52. The highest BCUT2D eigenvalue weighted by atomic mass is 24.3. The van der Waals surface area contributed by atoms with Crippen molar-refractivity contribution in [3.05, 3.63) is 30.1 Å². The summed E-state index contributed by atoms with van der Waals surface area (Å²) in [6.45, 7) is 0. The van der Waals surface area contributed by atoms with E-state index in [9.17, 15) is 4.39 Å². The SMILES string of the molecule is COc1c[c]ccc1F.[MgH2]. The summed E-state index contributed by atoms with van der Waals surface area (Å²) in [5, 5.41) is 0. The lowest BCUT2D eigenvalue weighted by molar-refractivity contribution is 0.386. The van der Waals surface area contributed by atoms with Gasteiger partial charge < -0.3 is 4.74 Å². The van der Waals surface area contributed by atoms with E-state index in [2.05, 4.69) is 10.8 Å². The lowest BCUT2D eigenvalue weighted by Crippen LogP contribution is -1.85. The number of rotatable bonds is 1. The van der Waals surface area contributed by atoms with E-state index in [4.69, 9.17) is 0 Å². The summed E-state index contributed by atoms with van der Waals surface area (Å²) in [5.74, 6) is -0.117. The lowest BCUT2D eigenvalue weighted by atomic mass is 10.3. The third-order valence-electron chi connectivity index (χ3n) is 0.996. The largest absolute Gasteiger partial charge is 0.494 e. The predicted molar refractivity (Wildman–Crippen MR) is 40.3 cm³/mol. The molecular weight excluding hydrogens is 143 g/mol. The molecule has 0 unspecified atom stereocenters. The summed E-state index contributed by atoms with van der Waals surface area (Å²) in [5.41, 5.74) is 0. The third kappa shape index (κ3) is 2.15. The molecule has 0 saturated carbocycles. The first-order valence-electron chi connectivity index (χ1n) is 2.54. The fourth-order valence-corrected chi connectivity index (χ4v) is 0.553. The molecule has 0 spiro atoms.